The highest BCUT2D eigenvalue weighted by Gasteiger charge is 2.52. The number of ether oxygens (including phenoxy) is 2. The third-order valence-corrected chi connectivity index (χ3v) is 9.38. The van der Waals surface area contributed by atoms with Gasteiger partial charge in [-0.05, 0) is 62.8 Å². The third kappa shape index (κ3) is 5.34. The first-order valence-corrected chi connectivity index (χ1v) is 14.7. The van der Waals surface area contributed by atoms with E-state index < -0.39 is 20.9 Å². The lowest BCUT2D eigenvalue weighted by Gasteiger charge is -2.54. The number of amidine groups is 1. The van der Waals surface area contributed by atoms with Gasteiger partial charge in [0, 0.05) is 35.8 Å². The van der Waals surface area contributed by atoms with E-state index in [0.29, 0.717) is 17.3 Å². The molecule has 0 saturated carbocycles. The van der Waals surface area contributed by atoms with Crippen molar-refractivity contribution in [3.8, 4) is 11.5 Å². The number of thiazole rings is 1. The van der Waals surface area contributed by atoms with Crippen LogP contribution in [0, 0.1) is 10.1 Å². The smallest absolute Gasteiger partial charge is 0.283 e. The summed E-state index contributed by atoms with van der Waals surface area (Å²) in [6.45, 7) is 1.76. The summed E-state index contributed by atoms with van der Waals surface area (Å²) in [5.74, 6) is 1.15. The Kier molecular flexibility index (Phi) is 7.56. The van der Waals surface area contributed by atoms with Crippen LogP contribution >= 0.6 is 11.3 Å². The van der Waals surface area contributed by atoms with Gasteiger partial charge in [-0.15, -0.1) is 15.7 Å². The van der Waals surface area contributed by atoms with Gasteiger partial charge in [-0.25, -0.2) is 4.98 Å². The van der Waals surface area contributed by atoms with Gasteiger partial charge in [0.15, 0.2) is 0 Å². The number of hydrogen-bond donors (Lipinski definition) is 0. The average Bonchev–Trinajstić information content (AvgIpc) is 3.46. The first-order valence-electron chi connectivity index (χ1n) is 12.4. The molecular weight excluding hydrogens is 542 g/mol. The summed E-state index contributed by atoms with van der Waals surface area (Å²) in [5.41, 5.74) is 0.608. The third-order valence-electron chi connectivity index (χ3n) is 7.24. The Morgan fingerprint density at radius 1 is 1.08 bits per heavy atom. The number of sulfonamides is 1. The maximum absolute atomic E-state index is 13.6. The van der Waals surface area contributed by atoms with Crippen molar-refractivity contribution < 1.29 is 22.8 Å². The lowest BCUT2D eigenvalue weighted by atomic mass is 9.78. The first-order chi connectivity index (χ1) is 18.7. The van der Waals surface area contributed by atoms with E-state index in [1.165, 1.54) is 35.6 Å². The monoisotopic (exact) mass is 571 g/mol. The van der Waals surface area contributed by atoms with Crippen LogP contribution in [0.4, 0.5) is 5.69 Å². The SMILES string of the molecule is COc1cc(OC)cc(C2C(=NS(=O)(=O)c3ccc([N+](=O)[O-])cc3)N(C3CCN(C)CC3)C2c2nccs2)c1. The summed E-state index contributed by atoms with van der Waals surface area (Å²) in [6, 6.07) is 10.1. The second-order valence-electron chi connectivity index (χ2n) is 9.56. The van der Waals surface area contributed by atoms with Gasteiger partial charge in [0.05, 0.1) is 36.0 Å². The molecule has 39 heavy (non-hydrogen) atoms. The molecule has 2 aliphatic rings. The molecule has 2 saturated heterocycles. The Morgan fingerprint density at radius 2 is 1.72 bits per heavy atom. The van der Waals surface area contributed by atoms with Crippen molar-refractivity contribution in [3.05, 3.63) is 74.7 Å². The number of piperidine rings is 1. The van der Waals surface area contributed by atoms with E-state index in [-0.39, 0.29) is 22.7 Å². The zero-order chi connectivity index (χ0) is 27.7. The molecular formula is C26H29N5O6S2. The summed E-state index contributed by atoms with van der Waals surface area (Å²) >= 11 is 1.52. The number of aromatic nitrogens is 1. The van der Waals surface area contributed by atoms with E-state index in [2.05, 4.69) is 26.2 Å². The Balaban J connectivity index is 1.64. The zero-order valence-electron chi connectivity index (χ0n) is 21.8. The summed E-state index contributed by atoms with van der Waals surface area (Å²) in [7, 11) is 1.03. The van der Waals surface area contributed by atoms with Gasteiger partial charge in [-0.2, -0.15) is 8.42 Å². The van der Waals surface area contributed by atoms with Crippen LogP contribution in [0.5, 0.6) is 11.5 Å². The molecule has 2 aromatic carbocycles. The first kappa shape index (κ1) is 27.0. The minimum absolute atomic E-state index is 0.0738. The van der Waals surface area contributed by atoms with Crippen LogP contribution in [0.25, 0.3) is 0 Å². The highest BCUT2D eigenvalue weighted by atomic mass is 32.2. The molecule has 0 spiro atoms. The lowest BCUT2D eigenvalue weighted by molar-refractivity contribution is -0.384. The van der Waals surface area contributed by atoms with E-state index in [0.717, 1.165) is 36.5 Å². The molecule has 2 unspecified atom stereocenters. The number of nitro benzene ring substituents is 1. The predicted octanol–water partition coefficient (Wildman–Crippen LogP) is 4.09. The molecule has 0 N–H and O–H groups in total. The minimum atomic E-state index is -4.18. The number of methoxy groups -OCH3 is 2. The highest BCUT2D eigenvalue weighted by Crippen LogP contribution is 2.51. The molecule has 3 heterocycles. The number of non-ortho nitro benzene ring substituents is 1. The molecule has 2 fully saturated rings. The van der Waals surface area contributed by atoms with Crippen molar-refractivity contribution in [2.45, 2.75) is 35.7 Å². The van der Waals surface area contributed by atoms with Crippen molar-refractivity contribution in [2.75, 3.05) is 34.4 Å². The normalized spacial score (nSPS) is 21.5. The van der Waals surface area contributed by atoms with Gasteiger partial charge in [0.1, 0.15) is 22.3 Å². The fraction of sp³-hybridized carbons (Fsp3) is 0.385. The minimum Gasteiger partial charge on any atom is -0.497 e. The molecule has 2 atom stereocenters. The Bertz CT molecular complexity index is 1450. The highest BCUT2D eigenvalue weighted by molar-refractivity contribution is 7.90. The fourth-order valence-electron chi connectivity index (χ4n) is 5.21. The summed E-state index contributed by atoms with van der Waals surface area (Å²) in [6.07, 6.45) is 3.45. The van der Waals surface area contributed by atoms with Crippen LogP contribution < -0.4 is 9.47 Å². The Labute approximate surface area is 230 Å². The molecule has 1 aromatic heterocycles. The Hall–Kier alpha value is -3.55. The van der Waals surface area contributed by atoms with Crippen molar-refractivity contribution in [1.29, 1.82) is 0 Å². The summed E-state index contributed by atoms with van der Waals surface area (Å²) in [4.78, 5) is 19.4. The quantitative estimate of drug-likeness (QED) is 0.290. The van der Waals surface area contributed by atoms with Gasteiger partial charge in [-0.3, -0.25) is 10.1 Å². The molecule has 0 radical (unpaired) electrons. The van der Waals surface area contributed by atoms with Gasteiger partial charge < -0.3 is 19.3 Å². The maximum atomic E-state index is 13.6. The molecule has 206 valence electrons. The van der Waals surface area contributed by atoms with Gasteiger partial charge in [0.2, 0.25) is 0 Å². The topological polar surface area (TPSA) is 127 Å². The van der Waals surface area contributed by atoms with Crippen LogP contribution in [0.3, 0.4) is 0 Å². The van der Waals surface area contributed by atoms with Gasteiger partial charge in [0.25, 0.3) is 15.7 Å². The maximum Gasteiger partial charge on any atom is 0.283 e. The van der Waals surface area contributed by atoms with E-state index >= 15 is 0 Å². The molecule has 0 amide bonds. The van der Waals surface area contributed by atoms with Crippen LogP contribution in [0.1, 0.15) is 35.4 Å². The number of likely N-dealkylation sites (tertiary alicyclic amines) is 2. The molecule has 2 aliphatic heterocycles. The molecule has 11 nitrogen and oxygen atoms in total. The van der Waals surface area contributed by atoms with Crippen LogP contribution in [0.2, 0.25) is 0 Å². The van der Waals surface area contributed by atoms with Crippen molar-refractivity contribution in [2.24, 2.45) is 4.40 Å². The summed E-state index contributed by atoms with van der Waals surface area (Å²) < 4.78 is 42.5. The van der Waals surface area contributed by atoms with Gasteiger partial charge >= 0.3 is 0 Å². The van der Waals surface area contributed by atoms with E-state index in [1.807, 2.05) is 17.5 Å². The number of hydrogen-bond acceptors (Lipinski definition) is 9. The standard InChI is InChI=1S/C26H29N5O6S2/c1-29-11-8-18(9-12-29)30-24(26-27-10-13-38-26)23(17-14-20(36-2)16-21(15-17)37-3)25(30)28-39(34,35)22-6-4-19(5-7-22)31(32)33/h4-7,10,13-16,18,23-24H,8-9,11-12H2,1-3H3. The molecule has 0 bridgehead atoms. The number of nitrogens with zero attached hydrogens (tertiary/aromatic N) is 5. The average molecular weight is 572 g/mol. The van der Waals surface area contributed by atoms with Crippen LogP contribution in [-0.4, -0.2) is 74.4 Å². The van der Waals surface area contributed by atoms with E-state index in [4.69, 9.17) is 9.47 Å². The lowest BCUT2D eigenvalue weighted by Crippen LogP contribution is -2.60. The van der Waals surface area contributed by atoms with Crippen molar-refractivity contribution in [3.63, 3.8) is 0 Å². The zero-order valence-corrected chi connectivity index (χ0v) is 23.4. The molecule has 3 aromatic rings. The molecule has 13 heteroatoms. The summed E-state index contributed by atoms with van der Waals surface area (Å²) in [5, 5.41) is 13.9. The largest absolute Gasteiger partial charge is 0.497 e. The van der Waals surface area contributed by atoms with E-state index in [9.17, 15) is 18.5 Å². The predicted molar refractivity (Wildman–Crippen MR) is 147 cm³/mol. The van der Waals surface area contributed by atoms with Crippen molar-refractivity contribution in [1.82, 2.24) is 14.8 Å². The number of rotatable bonds is 8. The second-order valence-corrected chi connectivity index (χ2v) is 12.1. The van der Waals surface area contributed by atoms with Gasteiger partial charge in [-0.1, -0.05) is 0 Å². The molecule has 5 rings (SSSR count). The van der Waals surface area contributed by atoms with Crippen molar-refractivity contribution >= 4 is 32.9 Å². The van der Waals surface area contributed by atoms with Crippen LogP contribution in [-0.2, 0) is 10.0 Å². The fourth-order valence-corrected chi connectivity index (χ4v) is 7.02. The molecule has 0 aliphatic carbocycles. The second kappa shape index (κ2) is 10.9. The number of benzene rings is 2. The van der Waals surface area contributed by atoms with Crippen LogP contribution in [0.15, 0.2) is 63.3 Å². The number of nitro groups is 1. The van der Waals surface area contributed by atoms with E-state index in [1.54, 1.807) is 26.5 Å². The Morgan fingerprint density at radius 3 is 2.26 bits per heavy atom.